The molecular weight excluding hydrogens is 254 g/mol. The smallest absolute Gasteiger partial charge is 0.104 e. The van der Waals surface area contributed by atoms with Crippen LogP contribution >= 0.6 is 12.2 Å². The van der Waals surface area contributed by atoms with E-state index in [2.05, 4.69) is 12.1 Å². The number of thiocarbonyl (C=S) groups is 1. The lowest BCUT2D eigenvalue weighted by molar-refractivity contribution is 0.0525. The third-order valence-electron chi connectivity index (χ3n) is 3.04. The molecule has 0 fully saturated rings. The summed E-state index contributed by atoms with van der Waals surface area (Å²) in [4.78, 5) is 0.409. The number of hydrogen-bond donors (Lipinski definition) is 1. The average Bonchev–Trinajstić information content (AvgIpc) is 2.46. The van der Waals surface area contributed by atoms with Crippen molar-refractivity contribution in [1.29, 1.82) is 0 Å². The van der Waals surface area contributed by atoms with E-state index in [1.54, 1.807) is 0 Å². The van der Waals surface area contributed by atoms with Gasteiger partial charge in [0.2, 0.25) is 0 Å². The lowest BCUT2D eigenvalue weighted by Gasteiger charge is -2.15. The molecule has 1 atom stereocenters. The highest BCUT2D eigenvalue weighted by molar-refractivity contribution is 7.80. The Kier molecular flexibility index (Phi) is 4.66. The minimum Gasteiger partial charge on any atom is -0.389 e. The molecule has 2 nitrogen and oxygen atoms in total. The van der Waals surface area contributed by atoms with Gasteiger partial charge in [-0.3, -0.25) is 0 Å². The Morgan fingerprint density at radius 1 is 1.11 bits per heavy atom. The normalized spacial score (nSPS) is 12.1. The number of benzene rings is 2. The van der Waals surface area contributed by atoms with Crippen LogP contribution in [0.15, 0.2) is 54.6 Å². The van der Waals surface area contributed by atoms with E-state index in [0.29, 0.717) is 11.6 Å². The summed E-state index contributed by atoms with van der Waals surface area (Å²) in [5, 5.41) is 0. The molecule has 0 spiro atoms. The van der Waals surface area contributed by atoms with Crippen molar-refractivity contribution in [2.45, 2.75) is 19.6 Å². The Labute approximate surface area is 119 Å². The molecule has 0 aromatic heterocycles. The van der Waals surface area contributed by atoms with Gasteiger partial charge in [-0.1, -0.05) is 66.8 Å². The second kappa shape index (κ2) is 6.45. The van der Waals surface area contributed by atoms with Crippen molar-refractivity contribution in [3.63, 3.8) is 0 Å². The molecule has 2 rings (SSSR count). The zero-order valence-corrected chi connectivity index (χ0v) is 11.7. The predicted molar refractivity (Wildman–Crippen MR) is 82.0 cm³/mol. The van der Waals surface area contributed by atoms with Gasteiger partial charge in [-0.15, -0.1) is 0 Å². The van der Waals surface area contributed by atoms with Crippen molar-refractivity contribution in [3.05, 3.63) is 71.3 Å². The van der Waals surface area contributed by atoms with Crippen molar-refractivity contribution >= 4 is 17.2 Å². The molecule has 1 unspecified atom stereocenters. The van der Waals surface area contributed by atoms with E-state index < -0.39 is 0 Å². The van der Waals surface area contributed by atoms with Crippen LogP contribution in [0.5, 0.6) is 0 Å². The largest absolute Gasteiger partial charge is 0.389 e. The molecule has 0 saturated heterocycles. The molecule has 0 bridgehead atoms. The molecular formula is C16H17NOS. The van der Waals surface area contributed by atoms with Crippen molar-refractivity contribution in [1.82, 2.24) is 0 Å². The molecule has 98 valence electrons. The minimum absolute atomic E-state index is 0.0422. The molecule has 0 aliphatic carbocycles. The summed E-state index contributed by atoms with van der Waals surface area (Å²) in [5.74, 6) is 0. The van der Waals surface area contributed by atoms with Crippen LogP contribution in [0.2, 0.25) is 0 Å². The summed E-state index contributed by atoms with van der Waals surface area (Å²) in [5.41, 5.74) is 8.78. The van der Waals surface area contributed by atoms with Crippen molar-refractivity contribution in [2.24, 2.45) is 5.73 Å². The minimum atomic E-state index is 0.0422. The van der Waals surface area contributed by atoms with Crippen LogP contribution in [0.1, 0.15) is 29.7 Å². The monoisotopic (exact) mass is 271 g/mol. The van der Waals surface area contributed by atoms with Crippen LogP contribution in [0, 0.1) is 0 Å². The first-order valence-electron chi connectivity index (χ1n) is 6.22. The van der Waals surface area contributed by atoms with Gasteiger partial charge in [0, 0.05) is 5.56 Å². The summed E-state index contributed by atoms with van der Waals surface area (Å²) >= 11 is 5.05. The Morgan fingerprint density at radius 3 is 2.42 bits per heavy atom. The van der Waals surface area contributed by atoms with Gasteiger partial charge in [0.25, 0.3) is 0 Å². The second-order valence-corrected chi connectivity index (χ2v) is 4.83. The van der Waals surface area contributed by atoms with Crippen LogP contribution in [0.25, 0.3) is 0 Å². The SMILES string of the molecule is CC(OCc1ccccc1C(N)=S)c1ccccc1. The topological polar surface area (TPSA) is 35.2 Å². The van der Waals surface area contributed by atoms with E-state index >= 15 is 0 Å². The molecule has 0 heterocycles. The van der Waals surface area contributed by atoms with Crippen LogP contribution < -0.4 is 5.73 Å². The molecule has 3 heteroatoms. The lowest BCUT2D eigenvalue weighted by atomic mass is 10.1. The maximum atomic E-state index is 5.89. The highest BCUT2D eigenvalue weighted by atomic mass is 32.1. The van der Waals surface area contributed by atoms with Crippen LogP contribution in [0.4, 0.5) is 0 Å². The van der Waals surface area contributed by atoms with Crippen molar-refractivity contribution in [3.8, 4) is 0 Å². The number of nitrogens with two attached hydrogens (primary N) is 1. The zero-order valence-electron chi connectivity index (χ0n) is 10.9. The molecule has 0 saturated carbocycles. The second-order valence-electron chi connectivity index (χ2n) is 4.39. The Hall–Kier alpha value is -1.71. The summed E-state index contributed by atoms with van der Waals surface area (Å²) in [7, 11) is 0. The molecule has 2 aromatic rings. The van der Waals surface area contributed by atoms with E-state index in [0.717, 1.165) is 16.7 Å². The van der Waals surface area contributed by atoms with Gasteiger partial charge < -0.3 is 10.5 Å². The third kappa shape index (κ3) is 3.63. The first kappa shape index (κ1) is 13.7. The first-order valence-corrected chi connectivity index (χ1v) is 6.63. The van der Waals surface area contributed by atoms with E-state index in [1.807, 2.05) is 49.4 Å². The fourth-order valence-corrected chi connectivity index (χ4v) is 2.12. The summed E-state index contributed by atoms with van der Waals surface area (Å²) in [6.07, 6.45) is 0.0422. The molecule has 0 amide bonds. The first-order chi connectivity index (χ1) is 9.18. The fraction of sp³-hybridized carbons (Fsp3) is 0.188. The lowest BCUT2D eigenvalue weighted by Crippen LogP contribution is -2.13. The van der Waals surface area contributed by atoms with Crippen LogP contribution in [-0.4, -0.2) is 4.99 Å². The Morgan fingerprint density at radius 2 is 1.74 bits per heavy atom. The predicted octanol–water partition coefficient (Wildman–Crippen LogP) is 3.60. The van der Waals surface area contributed by atoms with E-state index in [-0.39, 0.29) is 6.10 Å². The average molecular weight is 271 g/mol. The number of ether oxygens (including phenoxy) is 1. The quantitative estimate of drug-likeness (QED) is 0.844. The maximum Gasteiger partial charge on any atom is 0.104 e. The fourth-order valence-electron chi connectivity index (χ4n) is 1.92. The summed E-state index contributed by atoms with van der Waals surface area (Å²) < 4.78 is 5.89. The highest BCUT2D eigenvalue weighted by Crippen LogP contribution is 2.19. The van der Waals surface area contributed by atoms with Crippen LogP contribution in [-0.2, 0) is 11.3 Å². The van der Waals surface area contributed by atoms with E-state index in [9.17, 15) is 0 Å². The van der Waals surface area contributed by atoms with E-state index in [4.69, 9.17) is 22.7 Å². The molecule has 0 aliphatic rings. The van der Waals surface area contributed by atoms with Gasteiger partial charge in [-0.25, -0.2) is 0 Å². The standard InChI is InChI=1S/C16H17NOS/c1-12(13-7-3-2-4-8-13)18-11-14-9-5-6-10-15(14)16(17)19/h2-10,12H,11H2,1H3,(H2,17,19). The molecule has 19 heavy (non-hydrogen) atoms. The van der Waals surface area contributed by atoms with Gasteiger partial charge in [0.1, 0.15) is 4.99 Å². The number of rotatable bonds is 5. The number of hydrogen-bond acceptors (Lipinski definition) is 2. The van der Waals surface area contributed by atoms with Crippen LogP contribution in [0.3, 0.4) is 0 Å². The van der Waals surface area contributed by atoms with E-state index in [1.165, 1.54) is 0 Å². The molecule has 2 N–H and O–H groups in total. The maximum absolute atomic E-state index is 5.89. The Bertz CT molecular complexity index is 554. The van der Waals surface area contributed by atoms with Gasteiger partial charge in [-0.05, 0) is 18.1 Å². The molecule has 2 aromatic carbocycles. The zero-order chi connectivity index (χ0) is 13.7. The van der Waals surface area contributed by atoms with Crippen molar-refractivity contribution < 1.29 is 4.74 Å². The summed E-state index contributed by atoms with van der Waals surface area (Å²) in [6.45, 7) is 2.54. The molecule has 0 radical (unpaired) electrons. The van der Waals surface area contributed by atoms with Gasteiger partial charge in [0.15, 0.2) is 0 Å². The highest BCUT2D eigenvalue weighted by Gasteiger charge is 2.08. The molecule has 0 aliphatic heterocycles. The third-order valence-corrected chi connectivity index (χ3v) is 3.26. The summed E-state index contributed by atoms with van der Waals surface area (Å²) in [6, 6.07) is 18.0. The Balaban J connectivity index is 2.05. The van der Waals surface area contributed by atoms with Gasteiger partial charge >= 0.3 is 0 Å². The van der Waals surface area contributed by atoms with Gasteiger partial charge in [0.05, 0.1) is 12.7 Å². The van der Waals surface area contributed by atoms with Gasteiger partial charge in [-0.2, -0.15) is 0 Å². The van der Waals surface area contributed by atoms with Crippen molar-refractivity contribution in [2.75, 3.05) is 0 Å².